The molecule has 15 heavy (non-hydrogen) atoms. The second-order valence-corrected chi connectivity index (χ2v) is 3.37. The van der Waals surface area contributed by atoms with E-state index in [1.54, 1.807) is 5.01 Å². The highest BCUT2D eigenvalue weighted by molar-refractivity contribution is 4.55. The van der Waals surface area contributed by atoms with Gasteiger partial charge in [-0.25, -0.2) is 5.01 Å². The fourth-order valence-corrected chi connectivity index (χ4v) is 1.19. The van der Waals surface area contributed by atoms with Crippen molar-refractivity contribution in [1.29, 1.82) is 0 Å². The molecule has 0 aromatic rings. The largest absolute Gasteiger partial charge is 0.395 e. The van der Waals surface area contributed by atoms with Crippen LogP contribution in [0.25, 0.3) is 0 Å². The first-order valence-electron chi connectivity index (χ1n) is 5.24. The molecule has 0 amide bonds. The number of hydrazine groups is 1. The van der Waals surface area contributed by atoms with E-state index in [1.165, 1.54) is 0 Å². The molecule has 0 unspecified atom stereocenters. The summed E-state index contributed by atoms with van der Waals surface area (Å²) in [6.07, 6.45) is 0. The SMILES string of the molecule is CN(CCO)CCNN(CCO)CCO. The highest BCUT2D eigenvalue weighted by atomic mass is 16.3. The quantitative estimate of drug-likeness (QED) is 0.311. The van der Waals surface area contributed by atoms with Crippen molar-refractivity contribution in [3.63, 3.8) is 0 Å². The van der Waals surface area contributed by atoms with Gasteiger partial charge in [0.15, 0.2) is 0 Å². The van der Waals surface area contributed by atoms with Crippen LogP contribution >= 0.6 is 0 Å². The lowest BCUT2D eigenvalue weighted by Gasteiger charge is -2.23. The molecule has 0 aromatic heterocycles. The molecule has 0 saturated heterocycles. The van der Waals surface area contributed by atoms with E-state index >= 15 is 0 Å². The van der Waals surface area contributed by atoms with Gasteiger partial charge in [-0.15, -0.1) is 0 Å². The molecule has 4 N–H and O–H groups in total. The summed E-state index contributed by atoms with van der Waals surface area (Å²) >= 11 is 0. The summed E-state index contributed by atoms with van der Waals surface area (Å²) in [7, 11) is 1.93. The Morgan fingerprint density at radius 2 is 1.40 bits per heavy atom. The Morgan fingerprint density at radius 3 is 1.87 bits per heavy atom. The zero-order valence-corrected chi connectivity index (χ0v) is 9.39. The number of rotatable bonds is 10. The monoisotopic (exact) mass is 221 g/mol. The maximum Gasteiger partial charge on any atom is 0.0572 e. The van der Waals surface area contributed by atoms with Crippen molar-refractivity contribution < 1.29 is 15.3 Å². The van der Waals surface area contributed by atoms with Gasteiger partial charge >= 0.3 is 0 Å². The van der Waals surface area contributed by atoms with Crippen LogP contribution in [0.1, 0.15) is 0 Å². The fourth-order valence-electron chi connectivity index (χ4n) is 1.19. The summed E-state index contributed by atoms with van der Waals surface area (Å²) in [6, 6.07) is 0. The molecule has 6 nitrogen and oxygen atoms in total. The van der Waals surface area contributed by atoms with E-state index in [2.05, 4.69) is 5.43 Å². The molecular formula is C9H23N3O3. The predicted molar refractivity (Wildman–Crippen MR) is 58.3 cm³/mol. The second-order valence-electron chi connectivity index (χ2n) is 3.37. The number of likely N-dealkylation sites (N-methyl/N-ethyl adjacent to an activating group) is 1. The summed E-state index contributed by atoms with van der Waals surface area (Å²) in [5.74, 6) is 0. The topological polar surface area (TPSA) is 79.2 Å². The molecule has 0 aliphatic carbocycles. The van der Waals surface area contributed by atoms with Crippen LogP contribution in [-0.4, -0.2) is 84.8 Å². The molecule has 0 atom stereocenters. The van der Waals surface area contributed by atoms with Crippen molar-refractivity contribution in [2.45, 2.75) is 0 Å². The molecule has 0 fully saturated rings. The molecular weight excluding hydrogens is 198 g/mol. The first kappa shape index (κ1) is 14.8. The normalized spacial score (nSPS) is 11.6. The van der Waals surface area contributed by atoms with Crippen LogP contribution in [0.5, 0.6) is 0 Å². The summed E-state index contributed by atoms with van der Waals surface area (Å²) in [6.45, 7) is 3.51. The molecule has 0 rings (SSSR count). The van der Waals surface area contributed by atoms with Gasteiger partial charge in [0.2, 0.25) is 0 Å². The van der Waals surface area contributed by atoms with Crippen molar-refractivity contribution in [2.24, 2.45) is 0 Å². The van der Waals surface area contributed by atoms with Crippen molar-refractivity contribution in [1.82, 2.24) is 15.3 Å². The standard InChI is InChI=1S/C9H23N3O3/c1-11(4-7-13)3-2-10-12(5-8-14)6-9-15/h10,13-15H,2-9H2,1H3. The molecule has 0 saturated carbocycles. The lowest BCUT2D eigenvalue weighted by molar-refractivity contribution is 0.109. The summed E-state index contributed by atoms with van der Waals surface area (Å²) in [5.41, 5.74) is 3.10. The first-order chi connectivity index (χ1) is 7.24. The zero-order valence-electron chi connectivity index (χ0n) is 9.39. The van der Waals surface area contributed by atoms with Gasteiger partial charge in [-0.3, -0.25) is 5.43 Å². The minimum Gasteiger partial charge on any atom is -0.395 e. The van der Waals surface area contributed by atoms with Gasteiger partial charge in [0.05, 0.1) is 19.8 Å². The predicted octanol–water partition coefficient (Wildman–Crippen LogP) is -2.30. The number of nitrogens with zero attached hydrogens (tertiary/aromatic N) is 2. The van der Waals surface area contributed by atoms with E-state index in [4.69, 9.17) is 15.3 Å². The Balaban J connectivity index is 3.51. The maximum absolute atomic E-state index is 8.75. The molecule has 6 heteroatoms. The van der Waals surface area contributed by atoms with Crippen LogP contribution in [0.2, 0.25) is 0 Å². The maximum atomic E-state index is 8.75. The second kappa shape index (κ2) is 10.3. The molecule has 0 aliphatic heterocycles. The highest BCUT2D eigenvalue weighted by Crippen LogP contribution is 1.83. The van der Waals surface area contributed by atoms with E-state index in [0.717, 1.165) is 13.1 Å². The average molecular weight is 221 g/mol. The van der Waals surface area contributed by atoms with Crippen LogP contribution in [0.15, 0.2) is 0 Å². The summed E-state index contributed by atoms with van der Waals surface area (Å²) in [4.78, 5) is 2.00. The zero-order chi connectivity index (χ0) is 11.5. The lowest BCUT2D eigenvalue weighted by atomic mass is 10.5. The van der Waals surface area contributed by atoms with E-state index in [0.29, 0.717) is 19.6 Å². The fraction of sp³-hybridized carbons (Fsp3) is 1.00. The number of aliphatic hydroxyl groups excluding tert-OH is 3. The van der Waals surface area contributed by atoms with Crippen molar-refractivity contribution in [3.05, 3.63) is 0 Å². The Kier molecular flexibility index (Phi) is 10.1. The van der Waals surface area contributed by atoms with Crippen LogP contribution < -0.4 is 5.43 Å². The third-order valence-corrected chi connectivity index (χ3v) is 2.05. The van der Waals surface area contributed by atoms with E-state index < -0.39 is 0 Å². The minimum absolute atomic E-state index is 0.0689. The first-order valence-corrected chi connectivity index (χ1v) is 5.24. The van der Waals surface area contributed by atoms with Crippen LogP contribution in [0, 0.1) is 0 Å². The van der Waals surface area contributed by atoms with Crippen molar-refractivity contribution in [3.8, 4) is 0 Å². The van der Waals surface area contributed by atoms with E-state index in [9.17, 15) is 0 Å². The smallest absolute Gasteiger partial charge is 0.0572 e. The van der Waals surface area contributed by atoms with Crippen molar-refractivity contribution >= 4 is 0 Å². The Labute approximate surface area is 91.1 Å². The van der Waals surface area contributed by atoms with Gasteiger partial charge in [0.1, 0.15) is 0 Å². The van der Waals surface area contributed by atoms with Gasteiger partial charge in [0.25, 0.3) is 0 Å². The number of aliphatic hydroxyl groups is 3. The van der Waals surface area contributed by atoms with Gasteiger partial charge in [0, 0.05) is 32.7 Å². The number of hydrogen-bond donors (Lipinski definition) is 4. The Bertz CT molecular complexity index is 132. The number of hydrogen-bond acceptors (Lipinski definition) is 6. The number of nitrogens with one attached hydrogen (secondary N) is 1. The molecule has 92 valence electrons. The minimum atomic E-state index is 0.0689. The van der Waals surface area contributed by atoms with Crippen LogP contribution in [0.3, 0.4) is 0 Å². The summed E-state index contributed by atoms with van der Waals surface area (Å²) < 4.78 is 0. The average Bonchev–Trinajstić information content (AvgIpc) is 2.19. The van der Waals surface area contributed by atoms with Gasteiger partial charge < -0.3 is 20.2 Å². The van der Waals surface area contributed by atoms with E-state index in [-0.39, 0.29) is 19.8 Å². The molecule has 0 aromatic carbocycles. The third kappa shape index (κ3) is 8.73. The lowest BCUT2D eigenvalue weighted by Crippen LogP contribution is -2.45. The van der Waals surface area contributed by atoms with Gasteiger partial charge in [-0.05, 0) is 7.05 Å². The van der Waals surface area contributed by atoms with Crippen LogP contribution in [-0.2, 0) is 0 Å². The Morgan fingerprint density at radius 1 is 0.867 bits per heavy atom. The molecule has 0 bridgehead atoms. The highest BCUT2D eigenvalue weighted by Gasteiger charge is 2.02. The van der Waals surface area contributed by atoms with Crippen LogP contribution in [0.4, 0.5) is 0 Å². The third-order valence-electron chi connectivity index (χ3n) is 2.05. The van der Waals surface area contributed by atoms with Gasteiger partial charge in [-0.1, -0.05) is 0 Å². The molecule has 0 heterocycles. The molecule has 0 aliphatic rings. The molecule has 0 spiro atoms. The van der Waals surface area contributed by atoms with Gasteiger partial charge in [-0.2, -0.15) is 0 Å². The molecule has 0 radical (unpaired) electrons. The Hall–Kier alpha value is -0.240. The summed E-state index contributed by atoms with van der Waals surface area (Å²) in [5, 5.41) is 28.0. The van der Waals surface area contributed by atoms with Crippen molar-refractivity contribution in [2.75, 3.05) is 59.6 Å². The van der Waals surface area contributed by atoms with E-state index in [1.807, 2.05) is 11.9 Å².